The zero-order valence-electron chi connectivity index (χ0n) is 8.60. The van der Waals surface area contributed by atoms with Gasteiger partial charge in [0.05, 0.1) is 5.69 Å². The maximum atomic E-state index is 12.5. The van der Waals surface area contributed by atoms with Gasteiger partial charge in [0.2, 0.25) is 5.28 Å². The average Bonchev–Trinajstić information content (AvgIpc) is 2.11. The fourth-order valence-electron chi connectivity index (χ4n) is 1.84. The molecule has 16 heavy (non-hydrogen) atoms. The summed E-state index contributed by atoms with van der Waals surface area (Å²) in [5, 5.41) is -0.335. The summed E-state index contributed by atoms with van der Waals surface area (Å²) < 4.78 is 37.5. The van der Waals surface area contributed by atoms with E-state index in [9.17, 15) is 13.2 Å². The fraction of sp³-hybridized carbons (Fsp3) is 0.600. The SMILES string of the molecule is CC1(c2cc(C(F)(F)F)nc(Cl)n2)CCC1. The average molecular weight is 251 g/mol. The Morgan fingerprint density at radius 2 is 1.94 bits per heavy atom. The number of rotatable bonds is 1. The Kier molecular flexibility index (Phi) is 2.61. The van der Waals surface area contributed by atoms with Crippen LogP contribution in [-0.4, -0.2) is 9.97 Å². The second-order valence-electron chi connectivity index (χ2n) is 4.32. The maximum absolute atomic E-state index is 12.5. The molecule has 0 amide bonds. The maximum Gasteiger partial charge on any atom is 0.433 e. The lowest BCUT2D eigenvalue weighted by atomic mass is 9.68. The van der Waals surface area contributed by atoms with E-state index < -0.39 is 11.9 Å². The summed E-state index contributed by atoms with van der Waals surface area (Å²) in [6.07, 6.45) is -1.77. The van der Waals surface area contributed by atoms with Crippen LogP contribution in [0.2, 0.25) is 5.28 Å². The van der Waals surface area contributed by atoms with Crippen molar-refractivity contribution >= 4 is 11.6 Å². The molecule has 88 valence electrons. The smallest absolute Gasteiger partial charge is 0.222 e. The zero-order valence-corrected chi connectivity index (χ0v) is 9.36. The molecular weight excluding hydrogens is 241 g/mol. The highest BCUT2D eigenvalue weighted by Gasteiger charge is 2.39. The van der Waals surface area contributed by atoms with Crippen molar-refractivity contribution in [2.75, 3.05) is 0 Å². The van der Waals surface area contributed by atoms with Crippen LogP contribution in [0.5, 0.6) is 0 Å². The third kappa shape index (κ3) is 2.00. The van der Waals surface area contributed by atoms with Gasteiger partial charge in [-0.05, 0) is 30.5 Å². The third-order valence-corrected chi connectivity index (χ3v) is 3.23. The van der Waals surface area contributed by atoms with Crippen molar-refractivity contribution in [2.24, 2.45) is 0 Å². The molecule has 1 aliphatic rings. The Morgan fingerprint density at radius 3 is 2.38 bits per heavy atom. The monoisotopic (exact) mass is 250 g/mol. The Bertz CT molecular complexity index is 413. The quantitative estimate of drug-likeness (QED) is 0.712. The van der Waals surface area contributed by atoms with Crippen molar-refractivity contribution in [3.8, 4) is 0 Å². The van der Waals surface area contributed by atoms with Crippen molar-refractivity contribution in [1.29, 1.82) is 0 Å². The van der Waals surface area contributed by atoms with Gasteiger partial charge in [0.25, 0.3) is 0 Å². The van der Waals surface area contributed by atoms with Crippen LogP contribution in [0.25, 0.3) is 0 Å². The van der Waals surface area contributed by atoms with Gasteiger partial charge >= 0.3 is 6.18 Å². The number of alkyl halides is 3. The van der Waals surface area contributed by atoms with E-state index in [2.05, 4.69) is 9.97 Å². The van der Waals surface area contributed by atoms with Crippen LogP contribution in [0, 0.1) is 0 Å². The first-order valence-corrected chi connectivity index (χ1v) is 5.31. The molecule has 1 fully saturated rings. The molecule has 1 heterocycles. The van der Waals surface area contributed by atoms with Crippen molar-refractivity contribution in [2.45, 2.75) is 37.8 Å². The summed E-state index contributed by atoms with van der Waals surface area (Å²) in [6, 6.07) is 1.00. The molecule has 0 spiro atoms. The normalized spacial score (nSPS) is 19.3. The number of nitrogens with zero attached hydrogens (tertiary/aromatic N) is 2. The molecule has 1 aliphatic carbocycles. The lowest BCUT2D eigenvalue weighted by Crippen LogP contribution is -2.32. The van der Waals surface area contributed by atoms with Gasteiger partial charge in [-0.25, -0.2) is 9.97 Å². The Balaban J connectivity index is 2.44. The summed E-state index contributed by atoms with van der Waals surface area (Å²) in [5.41, 5.74) is -0.839. The van der Waals surface area contributed by atoms with Gasteiger partial charge < -0.3 is 0 Å². The molecule has 0 N–H and O–H groups in total. The van der Waals surface area contributed by atoms with Crippen LogP contribution in [0.4, 0.5) is 13.2 Å². The van der Waals surface area contributed by atoms with Gasteiger partial charge in [-0.15, -0.1) is 0 Å². The highest BCUT2D eigenvalue weighted by Crippen LogP contribution is 2.43. The number of aromatic nitrogens is 2. The molecule has 0 radical (unpaired) electrons. The van der Waals surface area contributed by atoms with Gasteiger partial charge in [-0.1, -0.05) is 13.3 Å². The molecule has 2 rings (SSSR count). The summed E-state index contributed by atoms with van der Waals surface area (Å²) in [7, 11) is 0. The van der Waals surface area contributed by atoms with Crippen LogP contribution in [-0.2, 0) is 11.6 Å². The van der Waals surface area contributed by atoms with Crippen molar-refractivity contribution in [1.82, 2.24) is 9.97 Å². The van der Waals surface area contributed by atoms with Crippen LogP contribution in [0.1, 0.15) is 37.6 Å². The summed E-state index contributed by atoms with van der Waals surface area (Å²) in [5.74, 6) is 0. The molecule has 0 unspecified atom stereocenters. The van der Waals surface area contributed by atoms with E-state index in [1.165, 1.54) is 0 Å². The third-order valence-electron chi connectivity index (χ3n) is 3.06. The molecule has 0 atom stereocenters. The second kappa shape index (κ2) is 3.58. The van der Waals surface area contributed by atoms with Crippen LogP contribution in [0.15, 0.2) is 6.07 Å². The fourth-order valence-corrected chi connectivity index (χ4v) is 2.02. The molecule has 0 aliphatic heterocycles. The number of halogens is 4. The predicted octanol–water partition coefficient (Wildman–Crippen LogP) is 3.59. The molecule has 1 saturated carbocycles. The molecule has 0 bridgehead atoms. The molecule has 1 aromatic heterocycles. The highest BCUT2D eigenvalue weighted by molar-refractivity contribution is 6.28. The van der Waals surface area contributed by atoms with Gasteiger partial charge in [0, 0.05) is 5.41 Å². The van der Waals surface area contributed by atoms with Crippen molar-refractivity contribution in [3.63, 3.8) is 0 Å². The minimum atomic E-state index is -4.47. The molecule has 2 nitrogen and oxygen atoms in total. The largest absolute Gasteiger partial charge is 0.433 e. The lowest BCUT2D eigenvalue weighted by molar-refractivity contribution is -0.141. The topological polar surface area (TPSA) is 25.8 Å². The van der Waals surface area contributed by atoms with Crippen LogP contribution >= 0.6 is 11.6 Å². The Morgan fingerprint density at radius 1 is 1.31 bits per heavy atom. The Hall–Kier alpha value is -0.840. The number of hydrogen-bond donors (Lipinski definition) is 0. The highest BCUT2D eigenvalue weighted by atomic mass is 35.5. The van der Waals surface area contributed by atoms with Crippen LogP contribution < -0.4 is 0 Å². The van der Waals surface area contributed by atoms with E-state index in [1.54, 1.807) is 0 Å². The van der Waals surface area contributed by atoms with Crippen molar-refractivity contribution in [3.05, 3.63) is 22.7 Å². The van der Waals surface area contributed by atoms with E-state index in [-0.39, 0.29) is 10.7 Å². The minimum absolute atomic E-state index is 0.271. The minimum Gasteiger partial charge on any atom is -0.222 e. The summed E-state index contributed by atoms with van der Waals surface area (Å²) in [4.78, 5) is 7.10. The lowest BCUT2D eigenvalue weighted by Gasteiger charge is -2.37. The van der Waals surface area contributed by atoms with E-state index in [4.69, 9.17) is 11.6 Å². The number of hydrogen-bond acceptors (Lipinski definition) is 2. The van der Waals surface area contributed by atoms with Gasteiger partial charge in [-0.3, -0.25) is 0 Å². The molecule has 1 aromatic rings. The first-order chi connectivity index (χ1) is 7.31. The van der Waals surface area contributed by atoms with Gasteiger partial charge in [0.1, 0.15) is 5.69 Å². The first kappa shape index (κ1) is 11.6. The van der Waals surface area contributed by atoms with E-state index in [0.29, 0.717) is 5.69 Å². The molecule has 0 saturated heterocycles. The molecular formula is C10H10ClF3N2. The van der Waals surface area contributed by atoms with E-state index in [1.807, 2.05) is 6.92 Å². The summed E-state index contributed by atoms with van der Waals surface area (Å²) in [6.45, 7) is 1.90. The van der Waals surface area contributed by atoms with Gasteiger partial charge in [-0.2, -0.15) is 13.2 Å². The zero-order chi connectivity index (χ0) is 12.0. The predicted molar refractivity (Wildman–Crippen MR) is 53.2 cm³/mol. The van der Waals surface area contributed by atoms with Crippen molar-refractivity contribution < 1.29 is 13.2 Å². The Labute approximate surface area is 95.9 Å². The van der Waals surface area contributed by atoms with Gasteiger partial charge in [0.15, 0.2) is 0 Å². The van der Waals surface area contributed by atoms with E-state index >= 15 is 0 Å². The van der Waals surface area contributed by atoms with Crippen LogP contribution in [0.3, 0.4) is 0 Å². The molecule has 6 heteroatoms. The summed E-state index contributed by atoms with van der Waals surface area (Å²) >= 11 is 5.52. The second-order valence-corrected chi connectivity index (χ2v) is 4.66. The standard InChI is InChI=1S/C10H10ClF3N2/c1-9(3-2-4-9)6-5-7(10(12,13)14)16-8(11)15-6/h5H,2-4H2,1H3. The van der Waals surface area contributed by atoms with E-state index in [0.717, 1.165) is 25.3 Å². The first-order valence-electron chi connectivity index (χ1n) is 4.93. The molecule has 0 aromatic carbocycles.